The number of aromatic amines is 1. The van der Waals surface area contributed by atoms with Gasteiger partial charge in [-0.15, -0.1) is 0 Å². The van der Waals surface area contributed by atoms with Crippen molar-refractivity contribution in [2.24, 2.45) is 0 Å². The topological polar surface area (TPSA) is 77.6 Å². The van der Waals surface area contributed by atoms with Crippen LogP contribution in [0.2, 0.25) is 0 Å². The summed E-state index contributed by atoms with van der Waals surface area (Å²) in [4.78, 5) is 26.3. The molecule has 0 bridgehead atoms. The van der Waals surface area contributed by atoms with Crippen LogP contribution in [0.4, 0.5) is 0 Å². The van der Waals surface area contributed by atoms with Crippen molar-refractivity contribution < 1.29 is 23.8 Å². The highest BCUT2D eigenvalue weighted by Gasteiger charge is 2.14. The molecule has 0 amide bonds. The third-order valence-corrected chi connectivity index (χ3v) is 3.09. The van der Waals surface area contributed by atoms with Crippen molar-refractivity contribution >= 4 is 11.8 Å². The van der Waals surface area contributed by atoms with Gasteiger partial charge in [0.05, 0.1) is 26.3 Å². The van der Waals surface area contributed by atoms with Crippen molar-refractivity contribution in [1.82, 2.24) is 4.98 Å². The van der Waals surface area contributed by atoms with Gasteiger partial charge in [0.2, 0.25) is 5.78 Å². The summed E-state index contributed by atoms with van der Waals surface area (Å²) in [6.45, 7) is -0.294. The Bertz CT molecular complexity index is 649. The Hall–Kier alpha value is -2.76. The van der Waals surface area contributed by atoms with Crippen LogP contribution in [0.5, 0.6) is 11.5 Å². The zero-order valence-corrected chi connectivity index (χ0v) is 12.4. The fourth-order valence-electron chi connectivity index (χ4n) is 1.93. The van der Waals surface area contributed by atoms with Crippen LogP contribution in [0.15, 0.2) is 36.5 Å². The van der Waals surface area contributed by atoms with E-state index in [1.54, 1.807) is 43.6 Å². The molecule has 1 heterocycles. The quantitative estimate of drug-likeness (QED) is 0.625. The molecule has 6 nitrogen and oxygen atoms in total. The van der Waals surface area contributed by atoms with E-state index in [0.717, 1.165) is 0 Å². The van der Waals surface area contributed by atoms with Crippen LogP contribution in [0, 0.1) is 0 Å². The maximum atomic E-state index is 11.8. The molecule has 1 aromatic heterocycles. The van der Waals surface area contributed by atoms with Crippen LogP contribution in [-0.2, 0) is 16.0 Å². The number of benzene rings is 1. The molecule has 0 aliphatic rings. The largest absolute Gasteiger partial charge is 0.497 e. The van der Waals surface area contributed by atoms with E-state index in [2.05, 4.69) is 4.98 Å². The van der Waals surface area contributed by atoms with Gasteiger partial charge in [0, 0.05) is 17.8 Å². The molecule has 116 valence electrons. The van der Waals surface area contributed by atoms with Crippen LogP contribution in [0.3, 0.4) is 0 Å². The lowest BCUT2D eigenvalue weighted by atomic mass is 10.1. The van der Waals surface area contributed by atoms with Gasteiger partial charge in [0.25, 0.3) is 0 Å². The number of methoxy groups -OCH3 is 2. The Morgan fingerprint density at radius 3 is 2.59 bits per heavy atom. The maximum Gasteiger partial charge on any atom is 0.310 e. The minimum absolute atomic E-state index is 0.0190. The third-order valence-electron chi connectivity index (χ3n) is 3.09. The fraction of sp³-hybridized carbons (Fsp3) is 0.250. The first-order valence-corrected chi connectivity index (χ1v) is 6.67. The summed E-state index contributed by atoms with van der Waals surface area (Å²) in [6, 6.07) is 8.48. The van der Waals surface area contributed by atoms with Crippen LogP contribution >= 0.6 is 0 Å². The second-order valence-electron chi connectivity index (χ2n) is 4.52. The fourth-order valence-corrected chi connectivity index (χ4v) is 1.93. The second-order valence-corrected chi connectivity index (χ2v) is 4.52. The van der Waals surface area contributed by atoms with Crippen molar-refractivity contribution in [2.75, 3.05) is 20.8 Å². The standard InChI is InChI=1S/C16H17NO5/c1-20-12-6-5-11(15(9-12)21-2)8-16(19)22-10-14(18)13-4-3-7-17-13/h3-7,9,17H,8,10H2,1-2H3. The predicted octanol–water partition coefficient (Wildman–Crippen LogP) is 2.00. The second kappa shape index (κ2) is 7.31. The molecule has 0 unspecified atom stereocenters. The highest BCUT2D eigenvalue weighted by atomic mass is 16.5. The molecule has 0 atom stereocenters. The summed E-state index contributed by atoms with van der Waals surface area (Å²) in [7, 11) is 3.06. The Balaban J connectivity index is 1.93. The van der Waals surface area contributed by atoms with E-state index >= 15 is 0 Å². The summed E-state index contributed by atoms with van der Waals surface area (Å²) in [6.07, 6.45) is 1.66. The van der Waals surface area contributed by atoms with Crippen molar-refractivity contribution in [1.29, 1.82) is 0 Å². The van der Waals surface area contributed by atoms with E-state index in [4.69, 9.17) is 14.2 Å². The molecule has 1 aromatic carbocycles. The molecule has 22 heavy (non-hydrogen) atoms. The lowest BCUT2D eigenvalue weighted by molar-refractivity contribution is -0.141. The van der Waals surface area contributed by atoms with Crippen LogP contribution in [0.1, 0.15) is 16.1 Å². The van der Waals surface area contributed by atoms with Gasteiger partial charge in [-0.3, -0.25) is 9.59 Å². The molecule has 2 aromatic rings. The summed E-state index contributed by atoms with van der Waals surface area (Å²) in [5, 5.41) is 0. The van der Waals surface area contributed by atoms with E-state index in [1.807, 2.05) is 0 Å². The predicted molar refractivity (Wildman–Crippen MR) is 79.3 cm³/mol. The first kappa shape index (κ1) is 15.6. The van der Waals surface area contributed by atoms with Crippen LogP contribution in [-0.4, -0.2) is 37.6 Å². The van der Waals surface area contributed by atoms with Gasteiger partial charge in [-0.2, -0.15) is 0 Å². The summed E-state index contributed by atoms with van der Waals surface area (Å²) in [5.41, 5.74) is 1.08. The Labute approximate surface area is 128 Å². The monoisotopic (exact) mass is 303 g/mol. The van der Waals surface area contributed by atoms with Gasteiger partial charge in [0.1, 0.15) is 11.5 Å². The van der Waals surface area contributed by atoms with Gasteiger partial charge in [-0.1, -0.05) is 6.07 Å². The van der Waals surface area contributed by atoms with Gasteiger partial charge < -0.3 is 19.2 Å². The molecule has 0 spiro atoms. The molecule has 0 saturated heterocycles. The lowest BCUT2D eigenvalue weighted by Crippen LogP contribution is -2.16. The van der Waals surface area contributed by atoms with E-state index in [1.165, 1.54) is 7.11 Å². The molecule has 0 saturated carbocycles. The number of esters is 1. The smallest absolute Gasteiger partial charge is 0.310 e. The number of carbonyl (C=O) groups is 2. The minimum atomic E-state index is -0.497. The van der Waals surface area contributed by atoms with Gasteiger partial charge in [0.15, 0.2) is 6.61 Å². The molecular formula is C16H17NO5. The number of Topliss-reactive ketones (excluding diaryl/α,β-unsaturated/α-hetero) is 1. The number of aromatic nitrogens is 1. The number of H-pyrrole nitrogens is 1. The normalized spacial score (nSPS) is 10.1. The first-order valence-electron chi connectivity index (χ1n) is 6.67. The number of carbonyl (C=O) groups excluding carboxylic acids is 2. The van der Waals surface area contributed by atoms with Crippen molar-refractivity contribution in [3.63, 3.8) is 0 Å². The van der Waals surface area contributed by atoms with Crippen molar-refractivity contribution in [2.45, 2.75) is 6.42 Å². The highest BCUT2D eigenvalue weighted by molar-refractivity contribution is 5.96. The number of hydrogen-bond donors (Lipinski definition) is 1. The number of hydrogen-bond acceptors (Lipinski definition) is 5. The van der Waals surface area contributed by atoms with Gasteiger partial charge >= 0.3 is 5.97 Å². The van der Waals surface area contributed by atoms with Crippen molar-refractivity contribution in [3.05, 3.63) is 47.8 Å². The SMILES string of the molecule is COc1ccc(CC(=O)OCC(=O)c2ccc[nH]2)c(OC)c1. The van der Waals surface area contributed by atoms with Gasteiger partial charge in [-0.05, 0) is 18.2 Å². The van der Waals surface area contributed by atoms with E-state index in [0.29, 0.717) is 22.8 Å². The molecule has 2 rings (SSSR count). The number of ether oxygens (including phenoxy) is 3. The average molecular weight is 303 g/mol. The van der Waals surface area contributed by atoms with Crippen LogP contribution < -0.4 is 9.47 Å². The zero-order chi connectivity index (χ0) is 15.9. The summed E-state index contributed by atoms with van der Waals surface area (Å²) < 4.78 is 15.3. The molecule has 0 radical (unpaired) electrons. The highest BCUT2D eigenvalue weighted by Crippen LogP contribution is 2.25. The van der Waals surface area contributed by atoms with E-state index < -0.39 is 5.97 Å². The number of rotatable bonds is 7. The lowest BCUT2D eigenvalue weighted by Gasteiger charge is -2.10. The Morgan fingerprint density at radius 2 is 1.95 bits per heavy atom. The van der Waals surface area contributed by atoms with Crippen molar-refractivity contribution in [3.8, 4) is 11.5 Å². The third kappa shape index (κ3) is 3.88. The molecule has 0 aliphatic carbocycles. The molecular weight excluding hydrogens is 286 g/mol. The van der Waals surface area contributed by atoms with E-state index in [-0.39, 0.29) is 18.8 Å². The van der Waals surface area contributed by atoms with E-state index in [9.17, 15) is 9.59 Å². The van der Waals surface area contributed by atoms with Crippen LogP contribution in [0.25, 0.3) is 0 Å². The average Bonchev–Trinajstić information content (AvgIpc) is 3.07. The Kier molecular flexibility index (Phi) is 5.19. The maximum absolute atomic E-state index is 11.8. The number of nitrogens with one attached hydrogen (secondary N) is 1. The molecule has 1 N–H and O–H groups in total. The first-order chi connectivity index (χ1) is 10.6. The van der Waals surface area contributed by atoms with Gasteiger partial charge in [-0.25, -0.2) is 0 Å². The molecule has 0 fully saturated rings. The summed E-state index contributed by atoms with van der Waals surface area (Å²) >= 11 is 0. The Morgan fingerprint density at radius 1 is 1.14 bits per heavy atom. The zero-order valence-electron chi connectivity index (χ0n) is 12.4. The molecule has 0 aliphatic heterocycles. The number of ketones is 1. The minimum Gasteiger partial charge on any atom is -0.497 e. The summed E-state index contributed by atoms with van der Waals surface area (Å²) in [5.74, 6) is 0.395. The molecule has 6 heteroatoms.